The lowest BCUT2D eigenvalue weighted by atomic mass is 10.2. The Morgan fingerprint density at radius 1 is 1.33 bits per heavy atom. The number of hydrogen-bond acceptors (Lipinski definition) is 4. The molecule has 1 amide bonds. The van der Waals surface area contributed by atoms with E-state index in [0.717, 1.165) is 5.56 Å². The van der Waals surface area contributed by atoms with Crippen LogP contribution in [0, 0.1) is 0 Å². The quantitative estimate of drug-likeness (QED) is 0.746. The Hall–Kier alpha value is -3.22. The predicted octanol–water partition coefficient (Wildman–Crippen LogP) is 1.62. The molecule has 0 radical (unpaired) electrons. The predicted molar refractivity (Wildman–Crippen MR) is 89.6 cm³/mol. The normalized spacial score (nSPS) is 11.9. The van der Waals surface area contributed by atoms with Crippen molar-refractivity contribution in [3.8, 4) is 11.4 Å². The molecule has 0 fully saturated rings. The highest BCUT2D eigenvalue weighted by molar-refractivity contribution is 5.93. The standard InChI is InChI=1S/C17H17N5O2/c1-12(22-8-7-18-11-22)9-20-16(23)14-10-19-15(21-17(14)24)13-5-3-2-4-6-13/h2-8,10-12H,9H2,1H3,(H,20,23)(H,19,21,24)/t12-/m0/s1. The lowest BCUT2D eigenvalue weighted by Crippen LogP contribution is -2.33. The number of carbonyl (C=O) groups is 1. The van der Waals surface area contributed by atoms with Crippen molar-refractivity contribution in [2.24, 2.45) is 0 Å². The first-order valence-electron chi connectivity index (χ1n) is 7.55. The van der Waals surface area contributed by atoms with E-state index in [1.807, 2.05) is 48.0 Å². The number of rotatable bonds is 5. The second kappa shape index (κ2) is 6.91. The first-order chi connectivity index (χ1) is 11.6. The molecule has 7 heteroatoms. The van der Waals surface area contributed by atoms with E-state index in [4.69, 9.17) is 0 Å². The molecule has 2 aromatic heterocycles. The smallest absolute Gasteiger partial charge is 0.264 e. The molecule has 24 heavy (non-hydrogen) atoms. The van der Waals surface area contributed by atoms with Gasteiger partial charge in [-0.2, -0.15) is 0 Å². The van der Waals surface area contributed by atoms with Gasteiger partial charge < -0.3 is 14.9 Å². The fourth-order valence-electron chi connectivity index (χ4n) is 2.27. The van der Waals surface area contributed by atoms with Crippen molar-refractivity contribution in [2.45, 2.75) is 13.0 Å². The van der Waals surface area contributed by atoms with Crippen LogP contribution in [0.25, 0.3) is 11.4 Å². The molecule has 0 saturated carbocycles. The van der Waals surface area contributed by atoms with Crippen molar-refractivity contribution in [1.29, 1.82) is 0 Å². The molecule has 0 saturated heterocycles. The monoisotopic (exact) mass is 323 g/mol. The van der Waals surface area contributed by atoms with Gasteiger partial charge in [-0.3, -0.25) is 9.59 Å². The molecule has 2 N–H and O–H groups in total. The maximum absolute atomic E-state index is 12.2. The van der Waals surface area contributed by atoms with Gasteiger partial charge in [0, 0.05) is 36.7 Å². The van der Waals surface area contributed by atoms with E-state index < -0.39 is 11.5 Å². The summed E-state index contributed by atoms with van der Waals surface area (Å²) in [6.07, 6.45) is 6.48. The second-order valence-electron chi connectivity index (χ2n) is 5.41. The first kappa shape index (κ1) is 15.7. The summed E-state index contributed by atoms with van der Waals surface area (Å²) in [6, 6.07) is 9.30. The summed E-state index contributed by atoms with van der Waals surface area (Å²) in [4.78, 5) is 35.1. The summed E-state index contributed by atoms with van der Waals surface area (Å²) in [6.45, 7) is 2.33. The number of nitrogens with zero attached hydrogens (tertiary/aromatic N) is 3. The third kappa shape index (κ3) is 3.40. The van der Waals surface area contributed by atoms with Gasteiger partial charge in [0.1, 0.15) is 11.4 Å². The van der Waals surface area contributed by atoms with Crippen molar-refractivity contribution in [1.82, 2.24) is 24.8 Å². The second-order valence-corrected chi connectivity index (χ2v) is 5.41. The molecule has 0 unspecified atom stereocenters. The van der Waals surface area contributed by atoms with Crippen molar-refractivity contribution >= 4 is 5.91 Å². The van der Waals surface area contributed by atoms with Crippen LogP contribution >= 0.6 is 0 Å². The molecular weight excluding hydrogens is 306 g/mol. The van der Waals surface area contributed by atoms with E-state index in [9.17, 15) is 9.59 Å². The Bertz CT molecular complexity index is 872. The Morgan fingerprint density at radius 3 is 2.79 bits per heavy atom. The molecule has 0 aliphatic heterocycles. The van der Waals surface area contributed by atoms with Gasteiger partial charge in [0.05, 0.1) is 6.33 Å². The average Bonchev–Trinajstić information content (AvgIpc) is 3.15. The Labute approximate surface area is 138 Å². The maximum Gasteiger partial charge on any atom is 0.264 e. The number of amides is 1. The SMILES string of the molecule is C[C@@H](CNC(=O)c1cnc(-c2ccccc2)[nH]c1=O)n1ccnc1. The van der Waals surface area contributed by atoms with Crippen molar-refractivity contribution in [3.63, 3.8) is 0 Å². The number of hydrogen-bond donors (Lipinski definition) is 2. The van der Waals surface area contributed by atoms with Gasteiger partial charge in [-0.05, 0) is 6.92 Å². The van der Waals surface area contributed by atoms with E-state index in [1.165, 1.54) is 6.20 Å². The summed E-state index contributed by atoms with van der Waals surface area (Å²) < 4.78 is 1.88. The van der Waals surface area contributed by atoms with Crippen LogP contribution < -0.4 is 10.9 Å². The lowest BCUT2D eigenvalue weighted by molar-refractivity contribution is 0.0946. The van der Waals surface area contributed by atoms with Gasteiger partial charge in [-0.15, -0.1) is 0 Å². The van der Waals surface area contributed by atoms with Crippen LogP contribution in [0.1, 0.15) is 23.3 Å². The fourth-order valence-corrected chi connectivity index (χ4v) is 2.27. The maximum atomic E-state index is 12.2. The summed E-state index contributed by atoms with van der Waals surface area (Å²) in [5.74, 6) is -0.0146. The zero-order valence-electron chi connectivity index (χ0n) is 13.1. The highest BCUT2D eigenvalue weighted by atomic mass is 16.2. The Morgan fingerprint density at radius 2 is 2.12 bits per heavy atom. The van der Waals surface area contributed by atoms with Gasteiger partial charge in [0.15, 0.2) is 0 Å². The van der Waals surface area contributed by atoms with E-state index in [-0.39, 0.29) is 11.6 Å². The molecule has 7 nitrogen and oxygen atoms in total. The number of nitrogens with one attached hydrogen (secondary N) is 2. The lowest BCUT2D eigenvalue weighted by Gasteiger charge is -2.13. The zero-order chi connectivity index (χ0) is 16.9. The number of imidazole rings is 1. The molecule has 1 aromatic carbocycles. The van der Waals surface area contributed by atoms with Crippen molar-refractivity contribution in [2.75, 3.05) is 6.54 Å². The largest absolute Gasteiger partial charge is 0.350 e. The summed E-state index contributed by atoms with van der Waals surface area (Å²) in [5, 5.41) is 2.74. The summed E-state index contributed by atoms with van der Waals surface area (Å²) >= 11 is 0. The minimum absolute atomic E-state index is 0.00693. The van der Waals surface area contributed by atoms with Crippen molar-refractivity contribution < 1.29 is 4.79 Å². The number of aromatic nitrogens is 4. The van der Waals surface area contributed by atoms with Crippen molar-refractivity contribution in [3.05, 3.63) is 71.2 Å². The molecule has 0 bridgehead atoms. The Balaban J connectivity index is 1.70. The molecular formula is C17H17N5O2. The third-order valence-corrected chi connectivity index (χ3v) is 3.68. The number of H-pyrrole nitrogens is 1. The highest BCUT2D eigenvalue weighted by Gasteiger charge is 2.13. The Kier molecular flexibility index (Phi) is 4.51. The van der Waals surface area contributed by atoms with Gasteiger partial charge in [-0.25, -0.2) is 9.97 Å². The highest BCUT2D eigenvalue weighted by Crippen LogP contribution is 2.11. The molecule has 1 atom stereocenters. The van der Waals surface area contributed by atoms with Gasteiger partial charge in [0.25, 0.3) is 11.5 Å². The third-order valence-electron chi connectivity index (χ3n) is 3.68. The van der Waals surface area contributed by atoms with Gasteiger partial charge in [-0.1, -0.05) is 30.3 Å². The van der Waals surface area contributed by atoms with Crippen LogP contribution in [-0.4, -0.2) is 32.0 Å². The average molecular weight is 323 g/mol. The van der Waals surface area contributed by atoms with Crippen LogP contribution in [-0.2, 0) is 0 Å². The van der Waals surface area contributed by atoms with Gasteiger partial charge in [0.2, 0.25) is 0 Å². The minimum Gasteiger partial charge on any atom is -0.350 e. The van der Waals surface area contributed by atoms with E-state index in [2.05, 4.69) is 20.3 Å². The van der Waals surface area contributed by atoms with Crippen LogP contribution in [0.15, 0.2) is 60.0 Å². The first-order valence-corrected chi connectivity index (χ1v) is 7.55. The van der Waals surface area contributed by atoms with Crippen LogP contribution in [0.2, 0.25) is 0 Å². The number of carbonyl (C=O) groups excluding carboxylic acids is 1. The number of benzene rings is 1. The minimum atomic E-state index is -0.461. The van der Waals surface area contributed by atoms with Gasteiger partial charge >= 0.3 is 0 Å². The zero-order valence-corrected chi connectivity index (χ0v) is 13.1. The fraction of sp³-hybridized carbons (Fsp3) is 0.176. The molecule has 0 spiro atoms. The summed E-state index contributed by atoms with van der Waals surface area (Å²) in [7, 11) is 0. The number of aromatic amines is 1. The summed E-state index contributed by atoms with van der Waals surface area (Å²) in [5.41, 5.74) is 0.319. The molecule has 0 aliphatic rings. The van der Waals surface area contributed by atoms with E-state index in [1.54, 1.807) is 12.5 Å². The molecule has 0 aliphatic carbocycles. The van der Waals surface area contributed by atoms with Crippen LogP contribution in [0.3, 0.4) is 0 Å². The van der Waals surface area contributed by atoms with E-state index >= 15 is 0 Å². The van der Waals surface area contributed by atoms with Crippen LogP contribution in [0.5, 0.6) is 0 Å². The van der Waals surface area contributed by atoms with E-state index in [0.29, 0.717) is 12.4 Å². The molecule has 3 aromatic rings. The molecule has 122 valence electrons. The van der Waals surface area contributed by atoms with Crippen LogP contribution in [0.4, 0.5) is 0 Å². The topological polar surface area (TPSA) is 92.7 Å². The molecule has 2 heterocycles. The molecule has 3 rings (SSSR count).